The molecule has 0 spiro atoms. The molecule has 1 heterocycles. The van der Waals surface area contributed by atoms with Crippen molar-refractivity contribution in [2.75, 3.05) is 0 Å². The van der Waals surface area contributed by atoms with Gasteiger partial charge in [-0.05, 0) is 0 Å². The molecule has 0 unspecified atom stereocenters. The molecule has 1 aromatic rings. The monoisotopic (exact) mass is 153 g/mol. The van der Waals surface area contributed by atoms with E-state index in [-0.39, 0.29) is 11.3 Å². The standard InChI is InChI=1S/C6H7N3O2/c1-9-3-8-4(6(7)11)2-5(9)10/h2-3H,1H3,(H2,7,11). The number of carbonyl (C=O) groups excluding carboxylic acids is 1. The van der Waals surface area contributed by atoms with Crippen LogP contribution in [0.4, 0.5) is 0 Å². The normalized spacial score (nSPS) is 9.55. The van der Waals surface area contributed by atoms with E-state index in [0.717, 1.165) is 6.07 Å². The van der Waals surface area contributed by atoms with Crippen molar-refractivity contribution in [1.82, 2.24) is 9.55 Å². The van der Waals surface area contributed by atoms with Crippen molar-refractivity contribution in [3.05, 3.63) is 28.4 Å². The van der Waals surface area contributed by atoms with E-state index in [9.17, 15) is 9.59 Å². The van der Waals surface area contributed by atoms with Gasteiger partial charge in [0, 0.05) is 13.1 Å². The Labute approximate surface area is 62.5 Å². The molecule has 5 heteroatoms. The van der Waals surface area contributed by atoms with E-state index in [1.54, 1.807) is 7.05 Å². The number of nitrogens with zero attached hydrogens (tertiary/aromatic N) is 2. The molecule has 0 aliphatic carbocycles. The third kappa shape index (κ3) is 1.43. The van der Waals surface area contributed by atoms with Gasteiger partial charge >= 0.3 is 0 Å². The van der Waals surface area contributed by atoms with E-state index in [1.807, 2.05) is 0 Å². The zero-order valence-electron chi connectivity index (χ0n) is 5.94. The Kier molecular flexibility index (Phi) is 1.72. The van der Waals surface area contributed by atoms with Crippen LogP contribution in [-0.2, 0) is 7.05 Å². The molecule has 11 heavy (non-hydrogen) atoms. The Morgan fingerprint density at radius 1 is 1.73 bits per heavy atom. The highest BCUT2D eigenvalue weighted by Gasteiger charge is 2.01. The number of nitrogens with two attached hydrogens (primary N) is 1. The smallest absolute Gasteiger partial charge is 0.267 e. The summed E-state index contributed by atoms with van der Waals surface area (Å²) in [6.45, 7) is 0. The van der Waals surface area contributed by atoms with Crippen molar-refractivity contribution >= 4 is 5.91 Å². The topological polar surface area (TPSA) is 78.0 Å². The van der Waals surface area contributed by atoms with Gasteiger partial charge in [-0.2, -0.15) is 0 Å². The average molecular weight is 153 g/mol. The number of aryl methyl sites for hydroxylation is 1. The van der Waals surface area contributed by atoms with Gasteiger partial charge in [-0.15, -0.1) is 0 Å². The van der Waals surface area contributed by atoms with E-state index in [4.69, 9.17) is 5.73 Å². The van der Waals surface area contributed by atoms with Crippen LogP contribution in [0.3, 0.4) is 0 Å². The van der Waals surface area contributed by atoms with Gasteiger partial charge in [0.15, 0.2) is 0 Å². The lowest BCUT2D eigenvalue weighted by Crippen LogP contribution is -2.22. The predicted octanol–water partition coefficient (Wildman–Crippen LogP) is -1.12. The molecule has 0 aromatic carbocycles. The van der Waals surface area contributed by atoms with Gasteiger partial charge in [-0.1, -0.05) is 0 Å². The van der Waals surface area contributed by atoms with Crippen LogP contribution < -0.4 is 11.3 Å². The van der Waals surface area contributed by atoms with Crippen LogP contribution >= 0.6 is 0 Å². The second kappa shape index (κ2) is 2.53. The van der Waals surface area contributed by atoms with E-state index in [1.165, 1.54) is 10.9 Å². The Hall–Kier alpha value is -1.65. The maximum Gasteiger partial charge on any atom is 0.267 e. The van der Waals surface area contributed by atoms with Gasteiger partial charge < -0.3 is 10.3 Å². The predicted molar refractivity (Wildman–Crippen MR) is 38.0 cm³/mol. The second-order valence-corrected chi connectivity index (χ2v) is 2.09. The Morgan fingerprint density at radius 3 is 2.82 bits per heavy atom. The molecule has 1 amide bonds. The fraction of sp³-hybridized carbons (Fsp3) is 0.167. The SMILES string of the molecule is Cn1cnc(C(N)=O)cc1=O. The largest absolute Gasteiger partial charge is 0.364 e. The molecule has 5 nitrogen and oxygen atoms in total. The van der Waals surface area contributed by atoms with Crippen molar-refractivity contribution in [3.63, 3.8) is 0 Å². The zero-order chi connectivity index (χ0) is 8.43. The molecule has 0 saturated heterocycles. The van der Waals surface area contributed by atoms with Gasteiger partial charge in [-0.3, -0.25) is 9.59 Å². The molecular formula is C6H7N3O2. The van der Waals surface area contributed by atoms with Crippen molar-refractivity contribution in [2.45, 2.75) is 0 Å². The Bertz CT molecular complexity index is 342. The molecule has 0 aliphatic heterocycles. The molecule has 0 fully saturated rings. The summed E-state index contributed by atoms with van der Waals surface area (Å²) in [6, 6.07) is 1.10. The van der Waals surface area contributed by atoms with Crippen molar-refractivity contribution in [2.24, 2.45) is 12.8 Å². The molecule has 58 valence electrons. The minimum atomic E-state index is -0.692. The molecule has 1 aromatic heterocycles. The highest BCUT2D eigenvalue weighted by atomic mass is 16.1. The van der Waals surface area contributed by atoms with Crippen molar-refractivity contribution < 1.29 is 4.79 Å². The van der Waals surface area contributed by atoms with Crippen LogP contribution in [0.1, 0.15) is 10.5 Å². The minimum Gasteiger partial charge on any atom is -0.364 e. The van der Waals surface area contributed by atoms with E-state index >= 15 is 0 Å². The zero-order valence-corrected chi connectivity index (χ0v) is 5.94. The summed E-state index contributed by atoms with van der Waals surface area (Å²) in [4.78, 5) is 25.0. The number of rotatable bonds is 1. The first kappa shape index (κ1) is 7.46. The Morgan fingerprint density at radius 2 is 2.36 bits per heavy atom. The first-order chi connectivity index (χ1) is 5.11. The van der Waals surface area contributed by atoms with Gasteiger partial charge in [0.25, 0.3) is 11.5 Å². The fourth-order valence-electron chi connectivity index (χ4n) is 0.596. The fourth-order valence-corrected chi connectivity index (χ4v) is 0.596. The Balaban J connectivity index is 3.26. The molecular weight excluding hydrogens is 146 g/mol. The first-order valence-corrected chi connectivity index (χ1v) is 2.94. The van der Waals surface area contributed by atoms with Crippen LogP contribution in [0, 0.1) is 0 Å². The lowest BCUT2D eigenvalue weighted by Gasteiger charge is -1.95. The highest BCUT2D eigenvalue weighted by Crippen LogP contribution is 1.84. The second-order valence-electron chi connectivity index (χ2n) is 2.09. The number of hydrogen-bond donors (Lipinski definition) is 1. The average Bonchev–Trinajstić information content (AvgIpc) is 1.94. The number of hydrogen-bond acceptors (Lipinski definition) is 3. The van der Waals surface area contributed by atoms with Gasteiger partial charge in [-0.25, -0.2) is 4.98 Å². The van der Waals surface area contributed by atoms with Crippen LogP contribution in [0.5, 0.6) is 0 Å². The maximum atomic E-state index is 10.9. The van der Waals surface area contributed by atoms with Gasteiger partial charge in [0.05, 0.1) is 6.33 Å². The summed E-state index contributed by atoms with van der Waals surface area (Å²) in [6.07, 6.45) is 1.25. The summed E-state index contributed by atoms with van der Waals surface area (Å²) in [5.41, 5.74) is 4.58. The lowest BCUT2D eigenvalue weighted by atomic mass is 10.4. The van der Waals surface area contributed by atoms with E-state index in [0.29, 0.717) is 0 Å². The van der Waals surface area contributed by atoms with Crippen molar-refractivity contribution in [1.29, 1.82) is 0 Å². The number of aromatic nitrogens is 2. The number of carbonyl (C=O) groups is 1. The molecule has 0 aliphatic rings. The third-order valence-electron chi connectivity index (χ3n) is 1.23. The molecule has 0 radical (unpaired) electrons. The third-order valence-corrected chi connectivity index (χ3v) is 1.23. The summed E-state index contributed by atoms with van der Waals surface area (Å²) < 4.78 is 1.26. The van der Waals surface area contributed by atoms with E-state index in [2.05, 4.69) is 4.98 Å². The highest BCUT2D eigenvalue weighted by molar-refractivity contribution is 5.90. The molecule has 0 bridgehead atoms. The summed E-state index contributed by atoms with van der Waals surface area (Å²) in [5, 5.41) is 0. The maximum absolute atomic E-state index is 10.9. The minimum absolute atomic E-state index is 0.00639. The van der Waals surface area contributed by atoms with E-state index < -0.39 is 5.91 Å². The van der Waals surface area contributed by atoms with Crippen LogP contribution in [-0.4, -0.2) is 15.5 Å². The van der Waals surface area contributed by atoms with Crippen molar-refractivity contribution in [3.8, 4) is 0 Å². The quantitative estimate of drug-likeness (QED) is 0.555. The summed E-state index contributed by atoms with van der Waals surface area (Å²) in [5.74, 6) is -0.692. The summed E-state index contributed by atoms with van der Waals surface area (Å²) >= 11 is 0. The molecule has 2 N–H and O–H groups in total. The first-order valence-electron chi connectivity index (χ1n) is 2.94. The van der Waals surface area contributed by atoms with Gasteiger partial charge in [0.2, 0.25) is 0 Å². The van der Waals surface area contributed by atoms with Crippen LogP contribution in [0.25, 0.3) is 0 Å². The lowest BCUT2D eigenvalue weighted by molar-refractivity contribution is 0.0995. The van der Waals surface area contributed by atoms with Crippen LogP contribution in [0.15, 0.2) is 17.2 Å². The van der Waals surface area contributed by atoms with Crippen LogP contribution in [0.2, 0.25) is 0 Å². The summed E-state index contributed by atoms with van der Waals surface area (Å²) in [7, 11) is 1.54. The van der Waals surface area contributed by atoms with Gasteiger partial charge in [0.1, 0.15) is 5.69 Å². The molecule has 1 rings (SSSR count). The molecule has 0 atom stereocenters. The number of amides is 1. The molecule has 0 saturated carbocycles. The number of primary amides is 1.